The Morgan fingerprint density at radius 3 is 2.60 bits per heavy atom. The average Bonchev–Trinajstić information content (AvgIpc) is 2.84. The molecule has 1 atom stereocenters. The number of thiophene rings is 1. The number of hydrogen-bond donors (Lipinski definition) is 1. The number of benzene rings is 1. The first-order chi connectivity index (χ1) is 9.58. The van der Waals surface area contributed by atoms with Crippen LogP contribution in [0.3, 0.4) is 0 Å². The number of anilines is 1. The standard InChI is InChI=1S/C16H20N2OS/c1-12-9-10-20-15(12)11-18(3)13(2)16(19)17-14-7-5-4-6-8-14/h4-10,13H,11H2,1-3H3,(H,17,19). The van der Waals surface area contributed by atoms with Gasteiger partial charge in [0, 0.05) is 17.1 Å². The summed E-state index contributed by atoms with van der Waals surface area (Å²) >= 11 is 1.74. The summed E-state index contributed by atoms with van der Waals surface area (Å²) in [6.45, 7) is 4.84. The van der Waals surface area contributed by atoms with Gasteiger partial charge in [-0.1, -0.05) is 18.2 Å². The number of rotatable bonds is 5. The molecule has 1 unspecified atom stereocenters. The van der Waals surface area contributed by atoms with E-state index in [1.807, 2.05) is 44.3 Å². The van der Waals surface area contributed by atoms with E-state index in [2.05, 4.69) is 28.6 Å². The lowest BCUT2D eigenvalue weighted by molar-refractivity contribution is -0.120. The van der Waals surface area contributed by atoms with E-state index in [0.29, 0.717) is 0 Å². The molecule has 0 radical (unpaired) electrons. The van der Waals surface area contributed by atoms with Crippen molar-refractivity contribution in [2.24, 2.45) is 0 Å². The van der Waals surface area contributed by atoms with Crippen molar-refractivity contribution in [2.45, 2.75) is 26.4 Å². The number of para-hydroxylation sites is 1. The van der Waals surface area contributed by atoms with Crippen molar-refractivity contribution in [3.8, 4) is 0 Å². The molecule has 1 amide bonds. The van der Waals surface area contributed by atoms with Gasteiger partial charge in [0.2, 0.25) is 5.91 Å². The van der Waals surface area contributed by atoms with E-state index in [9.17, 15) is 4.79 Å². The minimum atomic E-state index is -0.170. The Labute approximate surface area is 124 Å². The quantitative estimate of drug-likeness (QED) is 0.913. The first-order valence-electron chi connectivity index (χ1n) is 6.67. The zero-order valence-corrected chi connectivity index (χ0v) is 12.9. The highest BCUT2D eigenvalue weighted by molar-refractivity contribution is 7.10. The van der Waals surface area contributed by atoms with Crippen molar-refractivity contribution in [1.82, 2.24) is 4.90 Å². The number of carbonyl (C=O) groups excluding carboxylic acids is 1. The maximum atomic E-state index is 12.2. The largest absolute Gasteiger partial charge is 0.325 e. The van der Waals surface area contributed by atoms with E-state index < -0.39 is 0 Å². The van der Waals surface area contributed by atoms with Gasteiger partial charge in [0.05, 0.1) is 6.04 Å². The first-order valence-corrected chi connectivity index (χ1v) is 7.55. The van der Waals surface area contributed by atoms with Crippen LogP contribution in [-0.4, -0.2) is 23.9 Å². The molecule has 0 saturated heterocycles. The molecular weight excluding hydrogens is 268 g/mol. The molecule has 1 aromatic carbocycles. The lowest BCUT2D eigenvalue weighted by Gasteiger charge is -2.23. The Balaban J connectivity index is 1.94. The number of likely N-dealkylation sites (N-methyl/N-ethyl adjacent to an activating group) is 1. The van der Waals surface area contributed by atoms with Crippen molar-refractivity contribution < 1.29 is 4.79 Å². The number of amides is 1. The molecule has 2 rings (SSSR count). The van der Waals surface area contributed by atoms with Crippen molar-refractivity contribution in [3.63, 3.8) is 0 Å². The Kier molecular flexibility index (Phi) is 4.93. The highest BCUT2D eigenvalue weighted by atomic mass is 32.1. The molecule has 1 N–H and O–H groups in total. The van der Waals surface area contributed by atoms with Crippen molar-refractivity contribution in [1.29, 1.82) is 0 Å². The zero-order chi connectivity index (χ0) is 14.5. The van der Waals surface area contributed by atoms with Gasteiger partial charge in [0.15, 0.2) is 0 Å². The third-order valence-corrected chi connectivity index (χ3v) is 4.45. The maximum Gasteiger partial charge on any atom is 0.241 e. The molecule has 106 valence electrons. The van der Waals surface area contributed by atoms with Gasteiger partial charge in [0.25, 0.3) is 0 Å². The van der Waals surface area contributed by atoms with Gasteiger partial charge in [-0.3, -0.25) is 9.69 Å². The summed E-state index contributed by atoms with van der Waals surface area (Å²) in [6, 6.07) is 11.5. The lowest BCUT2D eigenvalue weighted by atomic mass is 10.2. The molecule has 0 aliphatic carbocycles. The highest BCUT2D eigenvalue weighted by Gasteiger charge is 2.19. The normalized spacial score (nSPS) is 12.4. The summed E-state index contributed by atoms with van der Waals surface area (Å²) in [7, 11) is 1.98. The van der Waals surface area contributed by atoms with E-state index in [4.69, 9.17) is 0 Å². The number of aryl methyl sites for hydroxylation is 1. The predicted molar refractivity (Wildman–Crippen MR) is 85.1 cm³/mol. The molecule has 4 heteroatoms. The number of nitrogens with one attached hydrogen (secondary N) is 1. The topological polar surface area (TPSA) is 32.3 Å². The van der Waals surface area contributed by atoms with Gasteiger partial charge in [-0.2, -0.15) is 0 Å². The summed E-state index contributed by atoms with van der Waals surface area (Å²) in [4.78, 5) is 15.6. The summed E-state index contributed by atoms with van der Waals surface area (Å²) in [5.41, 5.74) is 2.13. The highest BCUT2D eigenvalue weighted by Crippen LogP contribution is 2.18. The van der Waals surface area contributed by atoms with Gasteiger partial charge >= 0.3 is 0 Å². The Morgan fingerprint density at radius 1 is 1.30 bits per heavy atom. The van der Waals surface area contributed by atoms with E-state index in [-0.39, 0.29) is 11.9 Å². The smallest absolute Gasteiger partial charge is 0.241 e. The van der Waals surface area contributed by atoms with Crippen molar-refractivity contribution in [3.05, 3.63) is 52.2 Å². The fraction of sp³-hybridized carbons (Fsp3) is 0.312. The molecule has 0 saturated carbocycles. The second-order valence-corrected chi connectivity index (χ2v) is 5.97. The van der Waals surface area contributed by atoms with Crippen LogP contribution < -0.4 is 5.32 Å². The van der Waals surface area contributed by atoms with E-state index >= 15 is 0 Å². The molecule has 0 fully saturated rings. The van der Waals surface area contributed by atoms with Crippen LogP contribution in [0.15, 0.2) is 41.8 Å². The fourth-order valence-corrected chi connectivity index (χ4v) is 2.87. The molecule has 3 nitrogen and oxygen atoms in total. The monoisotopic (exact) mass is 288 g/mol. The van der Waals surface area contributed by atoms with Gasteiger partial charge < -0.3 is 5.32 Å². The fourth-order valence-electron chi connectivity index (χ4n) is 1.90. The second-order valence-electron chi connectivity index (χ2n) is 4.97. The molecule has 0 spiro atoms. The number of nitrogens with zero attached hydrogens (tertiary/aromatic N) is 1. The maximum absolute atomic E-state index is 12.2. The zero-order valence-electron chi connectivity index (χ0n) is 12.1. The van der Waals surface area contributed by atoms with Crippen LogP contribution in [0.4, 0.5) is 5.69 Å². The molecule has 0 aliphatic rings. The van der Waals surface area contributed by atoms with E-state index in [0.717, 1.165) is 12.2 Å². The minimum Gasteiger partial charge on any atom is -0.325 e. The van der Waals surface area contributed by atoms with Crippen LogP contribution in [0.25, 0.3) is 0 Å². The third kappa shape index (κ3) is 3.68. The lowest BCUT2D eigenvalue weighted by Crippen LogP contribution is -2.39. The van der Waals surface area contributed by atoms with Crippen LogP contribution in [0.2, 0.25) is 0 Å². The molecule has 0 bridgehead atoms. The van der Waals surface area contributed by atoms with Crippen LogP contribution in [-0.2, 0) is 11.3 Å². The van der Waals surface area contributed by atoms with E-state index in [1.54, 1.807) is 11.3 Å². The molecular formula is C16H20N2OS. The van der Waals surface area contributed by atoms with Gasteiger partial charge in [-0.05, 0) is 50.0 Å². The Morgan fingerprint density at radius 2 is 2.00 bits per heavy atom. The number of carbonyl (C=O) groups is 1. The Hall–Kier alpha value is -1.65. The molecule has 20 heavy (non-hydrogen) atoms. The van der Waals surface area contributed by atoms with Crippen LogP contribution >= 0.6 is 11.3 Å². The van der Waals surface area contributed by atoms with Crippen LogP contribution in [0, 0.1) is 6.92 Å². The second kappa shape index (κ2) is 6.68. The Bertz CT molecular complexity index is 565. The minimum absolute atomic E-state index is 0.0212. The molecule has 2 aromatic rings. The summed E-state index contributed by atoms with van der Waals surface area (Å²) in [5.74, 6) is 0.0212. The van der Waals surface area contributed by atoms with E-state index in [1.165, 1.54) is 10.4 Å². The predicted octanol–water partition coefficient (Wildman–Crippen LogP) is 3.52. The van der Waals surface area contributed by atoms with Crippen molar-refractivity contribution in [2.75, 3.05) is 12.4 Å². The van der Waals surface area contributed by atoms with Crippen molar-refractivity contribution >= 4 is 22.9 Å². The summed E-state index contributed by atoms with van der Waals surface area (Å²) in [6.07, 6.45) is 0. The third-order valence-electron chi connectivity index (χ3n) is 3.44. The molecule has 0 aliphatic heterocycles. The summed E-state index contributed by atoms with van der Waals surface area (Å²) < 4.78 is 0. The molecule has 1 aromatic heterocycles. The van der Waals surface area contributed by atoms with Crippen LogP contribution in [0.5, 0.6) is 0 Å². The van der Waals surface area contributed by atoms with Gasteiger partial charge in [-0.25, -0.2) is 0 Å². The SMILES string of the molecule is Cc1ccsc1CN(C)C(C)C(=O)Nc1ccccc1. The summed E-state index contributed by atoms with van der Waals surface area (Å²) in [5, 5.41) is 5.03. The molecule has 1 heterocycles. The first kappa shape index (κ1) is 14.8. The van der Waals surface area contributed by atoms with Gasteiger partial charge in [-0.15, -0.1) is 11.3 Å². The van der Waals surface area contributed by atoms with Crippen LogP contribution in [0.1, 0.15) is 17.4 Å². The number of hydrogen-bond acceptors (Lipinski definition) is 3. The average molecular weight is 288 g/mol. The van der Waals surface area contributed by atoms with Gasteiger partial charge in [0.1, 0.15) is 0 Å².